The number of anilines is 2. The largest absolute Gasteiger partial charge is 0.372 e. The summed E-state index contributed by atoms with van der Waals surface area (Å²) >= 11 is 0. The molecule has 4 nitrogen and oxygen atoms in total. The van der Waals surface area contributed by atoms with Crippen LogP contribution in [0.1, 0.15) is 47.7 Å². The number of nitrogens with zero attached hydrogens (tertiary/aromatic N) is 2. The number of nitrogens with one attached hydrogen (secondary N) is 2. The molecule has 2 aromatic heterocycles. The number of aromatic nitrogens is 2. The van der Waals surface area contributed by atoms with Gasteiger partial charge in [0.2, 0.25) is 0 Å². The Hall–Kier alpha value is -6.78. The molecule has 268 valence electrons. The van der Waals surface area contributed by atoms with Gasteiger partial charge in [-0.25, -0.2) is 9.97 Å². The van der Waals surface area contributed by atoms with Crippen molar-refractivity contribution >= 4 is 44.3 Å². The van der Waals surface area contributed by atoms with Crippen LogP contribution in [-0.2, 0) is 0 Å². The Kier molecular flexibility index (Phi) is 7.37. The first-order valence-corrected chi connectivity index (χ1v) is 19.7. The number of hydrogen-bond acceptors (Lipinski definition) is 4. The molecule has 0 radical (unpaired) electrons. The quantitative estimate of drug-likeness (QED) is 0.190. The lowest BCUT2D eigenvalue weighted by Crippen LogP contribution is -2.39. The summed E-state index contributed by atoms with van der Waals surface area (Å²) in [6.07, 6.45) is 26.5. The first-order chi connectivity index (χ1) is 27.5. The Bertz CT molecular complexity index is 2880. The topological polar surface area (TPSA) is 49.8 Å². The van der Waals surface area contributed by atoms with Gasteiger partial charge in [-0.05, 0) is 58.4 Å². The molecule has 4 aromatic carbocycles. The predicted molar refractivity (Wildman–Crippen MR) is 234 cm³/mol. The predicted octanol–water partition coefficient (Wildman–Crippen LogP) is 12.1. The van der Waals surface area contributed by atoms with Gasteiger partial charge in [-0.3, -0.25) is 0 Å². The molecule has 0 spiro atoms. The molecule has 0 bridgehead atoms. The van der Waals surface area contributed by atoms with Gasteiger partial charge in [0, 0.05) is 39.1 Å². The Balaban J connectivity index is 1.05. The molecule has 4 unspecified atom stereocenters. The van der Waals surface area contributed by atoms with E-state index >= 15 is 0 Å². The highest BCUT2D eigenvalue weighted by Crippen LogP contribution is 2.48. The third kappa shape index (κ3) is 5.13. The Labute approximate surface area is 327 Å². The maximum atomic E-state index is 5.37. The maximum Gasteiger partial charge on any atom is 0.0947 e. The summed E-state index contributed by atoms with van der Waals surface area (Å²) in [6.45, 7) is 4.54. The molecule has 0 amide bonds. The lowest BCUT2D eigenvalue weighted by molar-refractivity contribution is 0.622. The van der Waals surface area contributed by atoms with Crippen LogP contribution in [0.3, 0.4) is 0 Å². The summed E-state index contributed by atoms with van der Waals surface area (Å²) in [6, 6.07) is 37.5. The van der Waals surface area contributed by atoms with Gasteiger partial charge >= 0.3 is 0 Å². The van der Waals surface area contributed by atoms with Crippen LogP contribution in [0.4, 0.5) is 11.4 Å². The Morgan fingerprint density at radius 2 is 1.25 bits per heavy atom. The van der Waals surface area contributed by atoms with Gasteiger partial charge in [0.05, 0.1) is 39.7 Å². The minimum atomic E-state index is -0.395. The van der Waals surface area contributed by atoms with E-state index in [1.807, 2.05) is 6.07 Å². The van der Waals surface area contributed by atoms with E-state index in [4.69, 9.17) is 9.97 Å². The fourth-order valence-electron chi connectivity index (χ4n) is 9.30. The van der Waals surface area contributed by atoms with E-state index in [1.165, 1.54) is 39.0 Å². The van der Waals surface area contributed by atoms with Crippen LogP contribution in [0, 0.1) is 5.92 Å². The molecular formula is C52H40N4. The molecule has 56 heavy (non-hydrogen) atoms. The van der Waals surface area contributed by atoms with Gasteiger partial charge in [-0.15, -0.1) is 0 Å². The second-order valence-electron chi connectivity index (χ2n) is 15.7. The van der Waals surface area contributed by atoms with Crippen molar-refractivity contribution < 1.29 is 0 Å². The number of fused-ring (bicyclic) bond motifs is 8. The van der Waals surface area contributed by atoms with Crippen molar-refractivity contribution in [2.45, 2.75) is 31.3 Å². The van der Waals surface area contributed by atoms with E-state index in [1.54, 1.807) is 0 Å². The first kappa shape index (κ1) is 32.6. The number of benzene rings is 4. The zero-order chi connectivity index (χ0) is 37.4. The molecule has 0 saturated heterocycles. The van der Waals surface area contributed by atoms with Crippen LogP contribution in [0.15, 0.2) is 187 Å². The number of rotatable bonds is 4. The number of pyridine rings is 2. The molecule has 3 aliphatic carbocycles. The summed E-state index contributed by atoms with van der Waals surface area (Å²) in [7, 11) is 0. The third-order valence-corrected chi connectivity index (χ3v) is 12.2. The SMILES string of the molecule is CC1C=CC=CC1c1ccc2ccc3c(c2n1)NC1C=CC=CC1=C3c1ccc(C2=C3C=CC=CC3(C)Nc3c2ccc2ccc(-c4ccccc4)nc32)cc1. The van der Waals surface area contributed by atoms with E-state index in [2.05, 4.69) is 194 Å². The van der Waals surface area contributed by atoms with Crippen molar-refractivity contribution in [3.63, 3.8) is 0 Å². The zero-order valence-electron chi connectivity index (χ0n) is 31.4. The molecule has 2 N–H and O–H groups in total. The molecular weight excluding hydrogens is 681 g/mol. The molecule has 0 saturated carbocycles. The van der Waals surface area contributed by atoms with E-state index < -0.39 is 5.54 Å². The molecule has 5 aliphatic rings. The fourth-order valence-corrected chi connectivity index (χ4v) is 9.30. The van der Waals surface area contributed by atoms with Crippen LogP contribution in [0.2, 0.25) is 0 Å². The van der Waals surface area contributed by atoms with Gasteiger partial charge in [-0.2, -0.15) is 0 Å². The van der Waals surface area contributed by atoms with Crippen LogP contribution < -0.4 is 10.6 Å². The van der Waals surface area contributed by atoms with Crippen molar-refractivity contribution in [3.8, 4) is 11.3 Å². The molecule has 4 heterocycles. The van der Waals surface area contributed by atoms with Crippen molar-refractivity contribution in [1.82, 2.24) is 9.97 Å². The van der Waals surface area contributed by atoms with Gasteiger partial charge in [-0.1, -0.05) is 171 Å². The normalized spacial score (nSPS) is 22.8. The molecule has 4 atom stereocenters. The molecule has 0 fully saturated rings. The van der Waals surface area contributed by atoms with Gasteiger partial charge in [0.15, 0.2) is 0 Å². The van der Waals surface area contributed by atoms with Crippen molar-refractivity contribution in [1.29, 1.82) is 0 Å². The average molecular weight is 721 g/mol. The smallest absolute Gasteiger partial charge is 0.0947 e. The number of allylic oxidation sites excluding steroid dienone is 8. The monoisotopic (exact) mass is 720 g/mol. The van der Waals surface area contributed by atoms with Crippen molar-refractivity contribution in [2.24, 2.45) is 5.92 Å². The van der Waals surface area contributed by atoms with Gasteiger partial charge in [0.25, 0.3) is 0 Å². The summed E-state index contributed by atoms with van der Waals surface area (Å²) in [4.78, 5) is 10.7. The lowest BCUT2D eigenvalue weighted by Gasteiger charge is -2.39. The Morgan fingerprint density at radius 3 is 2.05 bits per heavy atom. The summed E-state index contributed by atoms with van der Waals surface area (Å²) < 4.78 is 0. The average Bonchev–Trinajstić information content (AvgIpc) is 3.25. The lowest BCUT2D eigenvalue weighted by atomic mass is 9.76. The zero-order valence-corrected chi connectivity index (χ0v) is 31.4. The molecule has 2 aliphatic heterocycles. The van der Waals surface area contributed by atoms with Crippen LogP contribution in [-0.4, -0.2) is 21.5 Å². The van der Waals surface area contributed by atoms with Crippen molar-refractivity contribution in [3.05, 3.63) is 215 Å². The minimum absolute atomic E-state index is 0.0531. The Morgan fingerprint density at radius 1 is 0.571 bits per heavy atom. The highest BCUT2D eigenvalue weighted by molar-refractivity contribution is 6.06. The maximum absolute atomic E-state index is 5.37. The van der Waals surface area contributed by atoms with Gasteiger partial charge in [0.1, 0.15) is 0 Å². The molecule has 6 aromatic rings. The van der Waals surface area contributed by atoms with Crippen LogP contribution >= 0.6 is 0 Å². The van der Waals surface area contributed by atoms with E-state index in [9.17, 15) is 0 Å². The van der Waals surface area contributed by atoms with E-state index in [0.717, 1.165) is 55.7 Å². The van der Waals surface area contributed by atoms with E-state index in [-0.39, 0.29) is 12.0 Å². The molecule has 4 heteroatoms. The summed E-state index contributed by atoms with van der Waals surface area (Å²) in [5.41, 5.74) is 16.7. The third-order valence-electron chi connectivity index (χ3n) is 12.2. The standard InChI is InChI=1S/C52H40N4/c1-32-12-6-7-15-38(32)45-30-26-36-23-27-40-46(39-16-8-9-18-44(39)55-50(40)48(36)54-45)34-19-21-35(22-20-34)47-41-28-24-37-25-29-43(33-13-4-3-5-14-33)53-49(37)51(41)56-52(2)31-11-10-17-42(47)52/h3-32,38,44,55-56H,1-2H3. The molecule has 11 rings (SSSR count). The highest BCUT2D eigenvalue weighted by atomic mass is 15.0. The van der Waals surface area contributed by atoms with Crippen LogP contribution in [0.5, 0.6) is 0 Å². The summed E-state index contributed by atoms with van der Waals surface area (Å²) in [5.74, 6) is 0.651. The summed E-state index contributed by atoms with van der Waals surface area (Å²) in [5, 5.41) is 10.1. The fraction of sp³-hybridized carbons (Fsp3) is 0.115. The van der Waals surface area contributed by atoms with Crippen LogP contribution in [0.25, 0.3) is 44.2 Å². The second-order valence-corrected chi connectivity index (χ2v) is 15.7. The second kappa shape index (κ2) is 12.6. The van der Waals surface area contributed by atoms with Gasteiger partial charge < -0.3 is 10.6 Å². The first-order valence-electron chi connectivity index (χ1n) is 19.7. The van der Waals surface area contributed by atoms with E-state index in [0.29, 0.717) is 5.92 Å². The number of hydrogen-bond donors (Lipinski definition) is 2. The highest BCUT2D eigenvalue weighted by Gasteiger charge is 2.36. The minimum Gasteiger partial charge on any atom is -0.372 e. The van der Waals surface area contributed by atoms with Crippen molar-refractivity contribution in [2.75, 3.05) is 10.6 Å².